The van der Waals surface area contributed by atoms with Crippen molar-refractivity contribution in [3.63, 3.8) is 0 Å². The number of amides is 1. The zero-order valence-corrected chi connectivity index (χ0v) is 21.0. The van der Waals surface area contributed by atoms with Gasteiger partial charge in [0.25, 0.3) is 10.1 Å². The normalized spacial score (nSPS) is 12.8. The Labute approximate surface area is 216 Å². The van der Waals surface area contributed by atoms with Gasteiger partial charge >= 0.3 is 12.1 Å². The van der Waals surface area contributed by atoms with Crippen LogP contribution in [0.25, 0.3) is 0 Å². The average Bonchev–Trinajstić information content (AvgIpc) is 2.91. The lowest BCUT2D eigenvalue weighted by atomic mass is 9.84. The molecule has 37 heavy (non-hydrogen) atoms. The summed E-state index contributed by atoms with van der Waals surface area (Å²) in [6.07, 6.45) is -0.179. The van der Waals surface area contributed by atoms with E-state index in [1.807, 2.05) is 12.1 Å². The van der Waals surface area contributed by atoms with Gasteiger partial charge in [-0.25, -0.2) is 9.59 Å². The van der Waals surface area contributed by atoms with Gasteiger partial charge in [-0.05, 0) is 43.0 Å². The summed E-state index contributed by atoms with van der Waals surface area (Å²) < 4.78 is 45.4. The van der Waals surface area contributed by atoms with Crippen LogP contribution < -0.4 is 11.1 Å². The third-order valence-electron chi connectivity index (χ3n) is 5.72. The molecule has 0 radical (unpaired) electrons. The summed E-state index contributed by atoms with van der Waals surface area (Å²) in [5.74, 6) is -0.902. The molecular weight excluding hydrogens is 496 g/mol. The zero-order chi connectivity index (χ0) is 26.7. The molecule has 0 aromatic heterocycles. The Morgan fingerprint density at radius 3 is 1.92 bits per heavy atom. The lowest BCUT2D eigenvalue weighted by Crippen LogP contribution is -2.53. The highest BCUT2D eigenvalue weighted by molar-refractivity contribution is 7.85. The van der Waals surface area contributed by atoms with Crippen molar-refractivity contribution in [2.45, 2.75) is 42.9 Å². The predicted octanol–water partition coefficient (Wildman–Crippen LogP) is 3.93. The second kappa shape index (κ2) is 13.0. The monoisotopic (exact) mass is 526 g/mol. The lowest BCUT2D eigenvalue weighted by molar-refractivity contribution is -0.154. The molecule has 0 unspecified atom stereocenters. The number of hydrogen-bond acceptors (Lipinski definition) is 7. The van der Waals surface area contributed by atoms with Crippen molar-refractivity contribution in [3.8, 4) is 0 Å². The van der Waals surface area contributed by atoms with Crippen molar-refractivity contribution in [1.29, 1.82) is 0 Å². The van der Waals surface area contributed by atoms with E-state index in [0.717, 1.165) is 11.6 Å². The summed E-state index contributed by atoms with van der Waals surface area (Å²) in [6, 6.07) is 23.3. The van der Waals surface area contributed by atoms with Crippen molar-refractivity contribution in [2.24, 2.45) is 5.73 Å². The maximum Gasteiger partial charge on any atom is 0.408 e. The second-order valence-electron chi connectivity index (χ2n) is 8.37. The first-order chi connectivity index (χ1) is 17.8. The van der Waals surface area contributed by atoms with Crippen LogP contribution in [0.1, 0.15) is 36.0 Å². The molecule has 9 nitrogen and oxygen atoms in total. The predicted molar refractivity (Wildman–Crippen MR) is 137 cm³/mol. The minimum absolute atomic E-state index is 0.0508. The molecule has 10 heteroatoms. The Morgan fingerprint density at radius 1 is 0.811 bits per heavy atom. The molecular formula is C27H30N2O7S. The first kappa shape index (κ1) is 27.9. The van der Waals surface area contributed by atoms with Gasteiger partial charge in [-0.1, -0.05) is 78.9 Å². The number of esters is 1. The Hall–Kier alpha value is -3.73. The second-order valence-corrected chi connectivity index (χ2v) is 9.76. The maximum absolute atomic E-state index is 13.7. The highest BCUT2D eigenvalue weighted by Crippen LogP contribution is 2.34. The fourth-order valence-electron chi connectivity index (χ4n) is 3.89. The Kier molecular flexibility index (Phi) is 9.78. The summed E-state index contributed by atoms with van der Waals surface area (Å²) >= 11 is 0. The molecule has 0 aliphatic carbocycles. The van der Waals surface area contributed by atoms with Crippen molar-refractivity contribution in [3.05, 3.63) is 102 Å². The molecule has 0 bridgehead atoms. The van der Waals surface area contributed by atoms with Crippen LogP contribution in [0.4, 0.5) is 4.79 Å². The summed E-state index contributed by atoms with van der Waals surface area (Å²) in [6.45, 7) is 0.116. The molecule has 196 valence electrons. The first-order valence-corrected chi connectivity index (χ1v) is 13.2. The molecule has 0 aliphatic rings. The van der Waals surface area contributed by atoms with E-state index in [9.17, 15) is 22.6 Å². The SMILES string of the molecule is NCCCC[C@](NC(=O)OCc1ccccc1)(C(=O)OCc1ccccc1)c1ccccc1S(=O)(=O)O. The number of unbranched alkanes of at least 4 members (excludes halogenated alkanes) is 1. The van der Waals surface area contributed by atoms with E-state index >= 15 is 0 Å². The maximum atomic E-state index is 13.7. The van der Waals surface area contributed by atoms with Gasteiger partial charge in [-0.3, -0.25) is 4.55 Å². The molecule has 0 spiro atoms. The van der Waals surface area contributed by atoms with Crippen molar-refractivity contribution in [2.75, 3.05) is 6.54 Å². The van der Waals surface area contributed by atoms with Crippen LogP contribution in [0.2, 0.25) is 0 Å². The van der Waals surface area contributed by atoms with E-state index in [1.54, 1.807) is 48.5 Å². The number of nitrogens with two attached hydrogens (primary N) is 1. The van der Waals surface area contributed by atoms with Gasteiger partial charge in [-0.15, -0.1) is 0 Å². The number of carbonyl (C=O) groups is 2. The third kappa shape index (κ3) is 7.63. The zero-order valence-electron chi connectivity index (χ0n) is 20.2. The van der Waals surface area contributed by atoms with Gasteiger partial charge in [0.1, 0.15) is 18.1 Å². The molecule has 0 heterocycles. The number of ether oxygens (including phenoxy) is 2. The van der Waals surface area contributed by atoms with Gasteiger partial charge in [-0.2, -0.15) is 8.42 Å². The van der Waals surface area contributed by atoms with Gasteiger partial charge in [0.05, 0.1) is 0 Å². The van der Waals surface area contributed by atoms with Crippen molar-refractivity contribution >= 4 is 22.2 Å². The smallest absolute Gasteiger partial charge is 0.408 e. The molecule has 1 amide bonds. The van der Waals surface area contributed by atoms with Gasteiger partial charge in [0, 0.05) is 5.56 Å². The molecule has 0 aliphatic heterocycles. The molecule has 3 rings (SSSR count). The summed E-state index contributed by atoms with van der Waals surface area (Å²) in [4.78, 5) is 26.2. The lowest BCUT2D eigenvalue weighted by Gasteiger charge is -2.33. The highest BCUT2D eigenvalue weighted by atomic mass is 32.2. The molecule has 4 N–H and O–H groups in total. The molecule has 0 fully saturated rings. The average molecular weight is 527 g/mol. The van der Waals surface area contributed by atoms with Crippen LogP contribution in [0.5, 0.6) is 0 Å². The van der Waals surface area contributed by atoms with Crippen LogP contribution in [-0.4, -0.2) is 31.6 Å². The van der Waals surface area contributed by atoms with Crippen LogP contribution in [0.3, 0.4) is 0 Å². The number of rotatable bonds is 12. The molecule has 3 aromatic carbocycles. The van der Waals surface area contributed by atoms with Crippen LogP contribution >= 0.6 is 0 Å². The fourth-order valence-corrected chi connectivity index (χ4v) is 4.66. The number of carbonyl (C=O) groups excluding carboxylic acids is 2. The first-order valence-electron chi connectivity index (χ1n) is 11.7. The fraction of sp³-hybridized carbons (Fsp3) is 0.259. The van der Waals surface area contributed by atoms with E-state index in [1.165, 1.54) is 18.2 Å². The van der Waals surface area contributed by atoms with Crippen molar-refractivity contribution in [1.82, 2.24) is 5.32 Å². The Balaban J connectivity index is 2.01. The number of alkyl carbamates (subject to hydrolysis) is 1. The minimum Gasteiger partial charge on any atom is -0.459 e. The molecule has 0 saturated carbocycles. The molecule has 3 aromatic rings. The Bertz CT molecular complexity index is 1280. The number of benzene rings is 3. The largest absolute Gasteiger partial charge is 0.459 e. The third-order valence-corrected chi connectivity index (χ3v) is 6.63. The van der Waals surface area contributed by atoms with Crippen molar-refractivity contribution < 1.29 is 32.0 Å². The van der Waals surface area contributed by atoms with Crippen LogP contribution in [-0.2, 0) is 43.1 Å². The Morgan fingerprint density at radius 2 is 1.35 bits per heavy atom. The number of nitrogens with one attached hydrogen (secondary N) is 1. The standard InChI is InChI=1S/C27H30N2O7S/c28-18-10-9-17-27(23-15-7-8-16-24(23)37(32,33)34,25(30)35-19-21-11-3-1-4-12-21)29-26(31)36-20-22-13-5-2-6-14-22/h1-8,11-16H,9-10,17-20,28H2,(H,29,31)(H,32,33,34)/t27-/m1/s1. The van der Waals surface area contributed by atoms with Gasteiger partial charge < -0.3 is 20.5 Å². The molecule has 0 saturated heterocycles. The van der Waals surface area contributed by atoms with E-state index in [0.29, 0.717) is 24.9 Å². The van der Waals surface area contributed by atoms with Crippen LogP contribution in [0.15, 0.2) is 89.8 Å². The minimum atomic E-state index is -4.76. The summed E-state index contributed by atoms with van der Waals surface area (Å²) in [7, 11) is -4.76. The van der Waals surface area contributed by atoms with E-state index < -0.39 is 32.6 Å². The summed E-state index contributed by atoms with van der Waals surface area (Å²) in [5, 5.41) is 2.57. The van der Waals surface area contributed by atoms with E-state index in [4.69, 9.17) is 15.2 Å². The molecule has 1 atom stereocenters. The number of hydrogen-bond donors (Lipinski definition) is 3. The van der Waals surface area contributed by atoms with E-state index in [-0.39, 0.29) is 25.2 Å². The van der Waals surface area contributed by atoms with Gasteiger partial charge in [0.2, 0.25) is 0 Å². The van der Waals surface area contributed by atoms with Crippen LogP contribution in [0, 0.1) is 0 Å². The quantitative estimate of drug-likeness (QED) is 0.183. The highest BCUT2D eigenvalue weighted by Gasteiger charge is 2.46. The topological polar surface area (TPSA) is 145 Å². The van der Waals surface area contributed by atoms with E-state index in [2.05, 4.69) is 5.32 Å². The summed E-state index contributed by atoms with van der Waals surface area (Å²) in [5.41, 5.74) is 4.95. The van der Waals surface area contributed by atoms with Gasteiger partial charge in [0.15, 0.2) is 5.54 Å².